The Morgan fingerprint density at radius 3 is 2.08 bits per heavy atom. The molecule has 0 amide bonds. The minimum Gasteiger partial charge on any atom is -0.336 e. The first kappa shape index (κ1) is 20.5. The van der Waals surface area contributed by atoms with E-state index in [9.17, 15) is 9.59 Å². The van der Waals surface area contributed by atoms with Crippen molar-refractivity contribution < 1.29 is 0 Å². The molecular formula is C20H34N4O2. The molecule has 146 valence electrons. The number of aryl methyl sites for hydroxylation is 2. The molecule has 0 bridgehead atoms. The minimum atomic E-state index is -0.238. The zero-order valence-corrected chi connectivity index (χ0v) is 16.6. The van der Waals surface area contributed by atoms with Gasteiger partial charge in [0.15, 0.2) is 5.65 Å². The number of hydrogen-bond acceptors (Lipinski definition) is 3. The lowest BCUT2D eigenvalue weighted by Crippen LogP contribution is -2.40. The van der Waals surface area contributed by atoms with E-state index in [-0.39, 0.29) is 11.2 Å². The van der Waals surface area contributed by atoms with Gasteiger partial charge < -0.3 is 4.98 Å². The Kier molecular flexibility index (Phi) is 8.13. The normalized spacial score (nSPS) is 11.5. The van der Waals surface area contributed by atoms with Gasteiger partial charge in [0.1, 0.15) is 11.3 Å². The number of H-pyrrole nitrogens is 1. The summed E-state index contributed by atoms with van der Waals surface area (Å²) in [5.74, 6) is 0.823. The molecule has 6 heteroatoms. The summed E-state index contributed by atoms with van der Waals surface area (Å²) in [6.45, 7) is 7.26. The molecule has 0 aliphatic carbocycles. The molecule has 0 radical (unpaired) electrons. The van der Waals surface area contributed by atoms with Crippen molar-refractivity contribution >= 4 is 11.2 Å². The molecule has 0 saturated carbocycles. The van der Waals surface area contributed by atoms with Crippen LogP contribution in [0, 0.1) is 0 Å². The summed E-state index contributed by atoms with van der Waals surface area (Å²) >= 11 is 0. The van der Waals surface area contributed by atoms with Crippen molar-refractivity contribution in [3.63, 3.8) is 0 Å². The van der Waals surface area contributed by atoms with Crippen molar-refractivity contribution in [2.45, 2.75) is 98.1 Å². The first-order chi connectivity index (χ1) is 12.6. The highest BCUT2D eigenvalue weighted by Gasteiger charge is 2.16. The Hall–Kier alpha value is -1.85. The van der Waals surface area contributed by atoms with Gasteiger partial charge in [-0.3, -0.25) is 13.9 Å². The van der Waals surface area contributed by atoms with E-state index in [1.807, 2.05) is 13.8 Å². The molecule has 0 fully saturated rings. The number of imidazole rings is 1. The second-order valence-corrected chi connectivity index (χ2v) is 7.14. The van der Waals surface area contributed by atoms with Gasteiger partial charge in [-0.25, -0.2) is 9.78 Å². The summed E-state index contributed by atoms with van der Waals surface area (Å²) in [7, 11) is 0. The second kappa shape index (κ2) is 10.3. The molecule has 26 heavy (non-hydrogen) atoms. The Morgan fingerprint density at radius 2 is 1.42 bits per heavy atom. The Morgan fingerprint density at radius 1 is 0.808 bits per heavy atom. The largest absolute Gasteiger partial charge is 0.336 e. The molecule has 0 aliphatic rings. The van der Waals surface area contributed by atoms with E-state index >= 15 is 0 Å². The number of fused-ring (bicyclic) bond motifs is 1. The van der Waals surface area contributed by atoms with Crippen molar-refractivity contribution in [1.82, 2.24) is 19.1 Å². The fraction of sp³-hybridized carbons (Fsp3) is 0.750. The lowest BCUT2D eigenvalue weighted by atomic mass is 10.1. The van der Waals surface area contributed by atoms with Crippen LogP contribution in [0.2, 0.25) is 0 Å². The summed E-state index contributed by atoms with van der Waals surface area (Å²) in [5.41, 5.74) is 0.522. The van der Waals surface area contributed by atoms with E-state index in [1.165, 1.54) is 43.1 Å². The van der Waals surface area contributed by atoms with Gasteiger partial charge in [-0.05, 0) is 19.3 Å². The molecule has 1 N–H and O–H groups in total. The van der Waals surface area contributed by atoms with Crippen LogP contribution in [0.15, 0.2) is 9.59 Å². The molecule has 2 aromatic heterocycles. The molecule has 0 saturated heterocycles. The summed E-state index contributed by atoms with van der Waals surface area (Å²) in [4.78, 5) is 33.1. The maximum atomic E-state index is 12.7. The zero-order valence-electron chi connectivity index (χ0n) is 16.6. The molecule has 6 nitrogen and oxygen atoms in total. The van der Waals surface area contributed by atoms with Gasteiger partial charge in [0.2, 0.25) is 0 Å². The van der Waals surface area contributed by atoms with Crippen LogP contribution in [-0.2, 0) is 19.5 Å². The number of unbranched alkanes of at least 4 members (excludes halogenated alkanes) is 6. The van der Waals surface area contributed by atoms with E-state index in [2.05, 4.69) is 16.9 Å². The fourth-order valence-electron chi connectivity index (χ4n) is 3.43. The van der Waals surface area contributed by atoms with E-state index < -0.39 is 0 Å². The number of nitrogens with one attached hydrogen (secondary N) is 1. The first-order valence-electron chi connectivity index (χ1n) is 10.4. The highest BCUT2D eigenvalue weighted by molar-refractivity contribution is 5.69. The Bertz CT molecular complexity index is 800. The zero-order chi connectivity index (χ0) is 18.9. The quantitative estimate of drug-likeness (QED) is 0.580. The number of aromatic nitrogens is 4. The predicted molar refractivity (Wildman–Crippen MR) is 107 cm³/mol. The highest BCUT2D eigenvalue weighted by atomic mass is 16.2. The second-order valence-electron chi connectivity index (χ2n) is 7.14. The third-order valence-corrected chi connectivity index (χ3v) is 4.82. The topological polar surface area (TPSA) is 72.7 Å². The van der Waals surface area contributed by atoms with Gasteiger partial charge >= 0.3 is 5.69 Å². The smallest absolute Gasteiger partial charge is 0.332 e. The van der Waals surface area contributed by atoms with Crippen LogP contribution in [0.25, 0.3) is 11.2 Å². The highest BCUT2D eigenvalue weighted by Crippen LogP contribution is 2.12. The number of hydrogen-bond donors (Lipinski definition) is 1. The predicted octanol–water partition coefficient (Wildman–Crippen LogP) is 4.00. The van der Waals surface area contributed by atoms with Crippen LogP contribution < -0.4 is 11.2 Å². The Balaban J connectivity index is 2.15. The number of aromatic amines is 1. The van der Waals surface area contributed by atoms with Gasteiger partial charge in [0.25, 0.3) is 5.56 Å². The molecule has 0 unspecified atom stereocenters. The maximum Gasteiger partial charge on any atom is 0.332 e. The monoisotopic (exact) mass is 362 g/mol. The van der Waals surface area contributed by atoms with Crippen molar-refractivity contribution in [3.8, 4) is 0 Å². The van der Waals surface area contributed by atoms with Crippen LogP contribution >= 0.6 is 0 Å². The van der Waals surface area contributed by atoms with Gasteiger partial charge in [-0.15, -0.1) is 0 Å². The van der Waals surface area contributed by atoms with Crippen LogP contribution in [0.5, 0.6) is 0 Å². The molecule has 0 atom stereocenters. The average Bonchev–Trinajstić information content (AvgIpc) is 3.06. The van der Waals surface area contributed by atoms with Crippen molar-refractivity contribution in [2.24, 2.45) is 0 Å². The van der Waals surface area contributed by atoms with Crippen molar-refractivity contribution in [1.29, 1.82) is 0 Å². The van der Waals surface area contributed by atoms with E-state index in [4.69, 9.17) is 0 Å². The van der Waals surface area contributed by atoms with Gasteiger partial charge in [0.05, 0.1) is 0 Å². The standard InChI is InChI=1S/C20H34N4O2/c1-4-7-8-9-10-11-12-13-16-21-17-18(22-16)23(14-5-2)20(26)24(15-6-3)19(17)25/h4-15H2,1-3H3,(H,21,22). The molecular weight excluding hydrogens is 328 g/mol. The molecule has 0 aliphatic heterocycles. The maximum absolute atomic E-state index is 12.7. The van der Waals surface area contributed by atoms with Crippen molar-refractivity contribution in [2.75, 3.05) is 0 Å². The summed E-state index contributed by atoms with van der Waals surface area (Å²) < 4.78 is 2.99. The van der Waals surface area contributed by atoms with Crippen LogP contribution in [-0.4, -0.2) is 19.1 Å². The van der Waals surface area contributed by atoms with Crippen LogP contribution in [0.3, 0.4) is 0 Å². The van der Waals surface area contributed by atoms with E-state index in [1.54, 1.807) is 4.57 Å². The number of nitrogens with zero attached hydrogens (tertiary/aromatic N) is 3. The third kappa shape index (κ3) is 4.86. The summed E-state index contributed by atoms with van der Waals surface area (Å²) in [6, 6.07) is 0. The average molecular weight is 363 g/mol. The molecule has 2 rings (SSSR count). The molecule has 0 spiro atoms. The van der Waals surface area contributed by atoms with Crippen LogP contribution in [0.4, 0.5) is 0 Å². The fourth-order valence-corrected chi connectivity index (χ4v) is 3.43. The van der Waals surface area contributed by atoms with Gasteiger partial charge in [-0.1, -0.05) is 59.3 Å². The Labute approximate surface area is 155 Å². The first-order valence-corrected chi connectivity index (χ1v) is 10.4. The lowest BCUT2D eigenvalue weighted by molar-refractivity contribution is 0.555. The summed E-state index contributed by atoms with van der Waals surface area (Å²) in [6.07, 6.45) is 11.1. The third-order valence-electron chi connectivity index (χ3n) is 4.82. The van der Waals surface area contributed by atoms with Crippen LogP contribution in [0.1, 0.15) is 84.4 Å². The lowest BCUT2D eigenvalue weighted by Gasteiger charge is -2.09. The van der Waals surface area contributed by atoms with E-state index in [0.29, 0.717) is 24.3 Å². The molecule has 2 aromatic rings. The molecule has 0 aromatic carbocycles. The number of rotatable bonds is 12. The SMILES string of the molecule is CCCCCCCCCc1nc2c([nH]1)c(=O)n(CCC)c(=O)n2CCC. The van der Waals surface area contributed by atoms with Crippen molar-refractivity contribution in [3.05, 3.63) is 26.7 Å². The van der Waals surface area contributed by atoms with Gasteiger partial charge in [0, 0.05) is 19.5 Å². The minimum absolute atomic E-state index is 0.236. The van der Waals surface area contributed by atoms with Gasteiger partial charge in [-0.2, -0.15) is 0 Å². The molecule has 2 heterocycles. The summed E-state index contributed by atoms with van der Waals surface area (Å²) in [5, 5.41) is 0. The van der Waals surface area contributed by atoms with E-state index in [0.717, 1.165) is 31.5 Å².